The topological polar surface area (TPSA) is 71.2 Å². The minimum atomic E-state index is -0.0553. The number of halogens is 2. The van der Waals surface area contributed by atoms with E-state index in [-0.39, 0.29) is 11.9 Å². The standard InChI is InChI=1S/C21H20Cl2N4OS/c22-14-8-12(11-3-4-17(24)26-9-11)18-13-10-27(21(28)15-2-1-6-25-15)7-5-16(13)29-20(18)19(14)23/h3-4,8-9,15,25H,1-2,5-7,10H2,(H2,24,26)/t15-/m1/s1. The van der Waals surface area contributed by atoms with Crippen LogP contribution in [-0.2, 0) is 17.8 Å². The summed E-state index contributed by atoms with van der Waals surface area (Å²) < 4.78 is 0.976. The summed E-state index contributed by atoms with van der Waals surface area (Å²) in [5.41, 5.74) is 8.86. The van der Waals surface area contributed by atoms with E-state index in [4.69, 9.17) is 28.9 Å². The van der Waals surface area contributed by atoms with Gasteiger partial charge in [-0.25, -0.2) is 4.98 Å². The van der Waals surface area contributed by atoms with Gasteiger partial charge in [-0.2, -0.15) is 0 Å². The van der Waals surface area contributed by atoms with E-state index in [2.05, 4.69) is 10.3 Å². The molecular weight excluding hydrogens is 427 g/mol. The Kier molecular flexibility index (Phi) is 4.90. The number of fused-ring (bicyclic) bond motifs is 3. The Bertz CT molecular complexity index is 1110. The van der Waals surface area contributed by atoms with Gasteiger partial charge in [-0.15, -0.1) is 11.3 Å². The third-order valence-corrected chi connectivity index (χ3v) is 7.97. The number of nitrogen functional groups attached to an aromatic ring is 1. The van der Waals surface area contributed by atoms with Crippen molar-refractivity contribution in [2.45, 2.75) is 31.8 Å². The summed E-state index contributed by atoms with van der Waals surface area (Å²) in [4.78, 5) is 20.5. The van der Waals surface area contributed by atoms with Gasteiger partial charge < -0.3 is 16.0 Å². The summed E-state index contributed by atoms with van der Waals surface area (Å²) in [6.45, 7) is 2.25. The Morgan fingerprint density at radius 3 is 2.93 bits per heavy atom. The molecule has 3 aromatic rings. The van der Waals surface area contributed by atoms with Gasteiger partial charge >= 0.3 is 0 Å². The molecule has 1 amide bonds. The van der Waals surface area contributed by atoms with Gasteiger partial charge in [0.05, 0.1) is 20.8 Å². The van der Waals surface area contributed by atoms with Crippen molar-refractivity contribution in [3.8, 4) is 11.1 Å². The number of aromatic nitrogens is 1. The molecule has 5 nitrogen and oxygen atoms in total. The van der Waals surface area contributed by atoms with Crippen LogP contribution in [0.3, 0.4) is 0 Å². The largest absolute Gasteiger partial charge is 0.384 e. The van der Waals surface area contributed by atoms with Crippen LogP contribution in [0.4, 0.5) is 5.82 Å². The van der Waals surface area contributed by atoms with Gasteiger partial charge in [-0.05, 0) is 55.1 Å². The van der Waals surface area contributed by atoms with Gasteiger partial charge in [0.25, 0.3) is 0 Å². The molecule has 0 aliphatic carbocycles. The highest BCUT2D eigenvalue weighted by atomic mass is 35.5. The number of amides is 1. The van der Waals surface area contributed by atoms with E-state index in [0.717, 1.165) is 53.6 Å². The average molecular weight is 447 g/mol. The van der Waals surface area contributed by atoms with E-state index in [1.165, 1.54) is 10.4 Å². The van der Waals surface area contributed by atoms with E-state index < -0.39 is 0 Å². The van der Waals surface area contributed by atoms with Gasteiger partial charge in [0, 0.05) is 35.1 Å². The highest BCUT2D eigenvalue weighted by molar-refractivity contribution is 7.20. The number of thiophene rings is 1. The maximum atomic E-state index is 13.0. The predicted octanol–water partition coefficient (Wildman–Crippen LogP) is 4.49. The summed E-state index contributed by atoms with van der Waals surface area (Å²) in [6.07, 6.45) is 4.56. The van der Waals surface area contributed by atoms with Gasteiger partial charge in [0.1, 0.15) is 5.82 Å². The number of hydrogen-bond acceptors (Lipinski definition) is 5. The van der Waals surface area contributed by atoms with E-state index in [0.29, 0.717) is 22.4 Å². The van der Waals surface area contributed by atoms with Crippen LogP contribution in [0.2, 0.25) is 10.0 Å². The van der Waals surface area contributed by atoms with Gasteiger partial charge in [0.2, 0.25) is 5.91 Å². The minimum absolute atomic E-state index is 0.0553. The lowest BCUT2D eigenvalue weighted by atomic mass is 9.96. The van der Waals surface area contributed by atoms with Crippen molar-refractivity contribution in [2.75, 3.05) is 18.8 Å². The quantitative estimate of drug-likeness (QED) is 0.608. The van der Waals surface area contributed by atoms with Gasteiger partial charge in [-0.1, -0.05) is 23.2 Å². The van der Waals surface area contributed by atoms with Crippen LogP contribution in [0.5, 0.6) is 0 Å². The number of rotatable bonds is 2. The molecule has 1 saturated heterocycles. The Morgan fingerprint density at radius 2 is 2.21 bits per heavy atom. The fourth-order valence-corrected chi connectivity index (χ4v) is 6.08. The van der Waals surface area contributed by atoms with Crippen LogP contribution in [0, 0.1) is 0 Å². The van der Waals surface area contributed by atoms with Crippen LogP contribution in [-0.4, -0.2) is 34.9 Å². The monoisotopic (exact) mass is 446 g/mol. The Hall–Kier alpha value is -1.86. The third kappa shape index (κ3) is 3.28. The molecule has 5 rings (SSSR count). The number of hydrogen-bond donors (Lipinski definition) is 2. The molecule has 29 heavy (non-hydrogen) atoms. The molecule has 1 aromatic carbocycles. The molecule has 8 heteroatoms. The number of nitrogens with two attached hydrogens (primary N) is 1. The Labute approximate surface area is 182 Å². The van der Waals surface area contributed by atoms with Crippen LogP contribution in [0.1, 0.15) is 23.3 Å². The smallest absolute Gasteiger partial charge is 0.240 e. The molecule has 0 radical (unpaired) electrons. The zero-order chi connectivity index (χ0) is 20.1. The summed E-state index contributed by atoms with van der Waals surface area (Å²) in [5.74, 6) is 0.668. The van der Waals surface area contributed by atoms with Crippen LogP contribution >= 0.6 is 34.5 Å². The molecule has 2 aliphatic rings. The fourth-order valence-electron chi connectivity index (χ4n) is 4.29. The summed E-state index contributed by atoms with van der Waals surface area (Å²) in [6, 6.07) is 5.57. The van der Waals surface area contributed by atoms with E-state index in [1.807, 2.05) is 17.0 Å². The second-order valence-corrected chi connectivity index (χ2v) is 9.45. The first kappa shape index (κ1) is 19.1. The maximum Gasteiger partial charge on any atom is 0.240 e. The van der Waals surface area contributed by atoms with E-state index in [9.17, 15) is 4.79 Å². The molecular formula is C21H20Cl2N4OS. The van der Waals surface area contributed by atoms with Gasteiger partial charge in [-0.3, -0.25) is 4.79 Å². The molecule has 1 atom stereocenters. The van der Waals surface area contributed by atoms with Crippen molar-refractivity contribution in [3.05, 3.63) is 44.9 Å². The van der Waals surface area contributed by atoms with Crippen molar-refractivity contribution in [1.29, 1.82) is 0 Å². The minimum Gasteiger partial charge on any atom is -0.384 e. The van der Waals surface area contributed by atoms with Crippen molar-refractivity contribution in [2.24, 2.45) is 0 Å². The normalized spacial score (nSPS) is 19.0. The predicted molar refractivity (Wildman–Crippen MR) is 120 cm³/mol. The molecule has 1 fully saturated rings. The van der Waals surface area contributed by atoms with Gasteiger partial charge in [0.15, 0.2) is 0 Å². The van der Waals surface area contributed by atoms with Crippen LogP contribution in [0.15, 0.2) is 24.4 Å². The molecule has 150 valence electrons. The molecule has 0 bridgehead atoms. The first-order chi connectivity index (χ1) is 14.0. The molecule has 0 saturated carbocycles. The summed E-state index contributed by atoms with van der Waals surface area (Å²) >= 11 is 14.7. The average Bonchev–Trinajstić information content (AvgIpc) is 3.39. The highest BCUT2D eigenvalue weighted by Crippen LogP contribution is 2.46. The SMILES string of the molecule is Nc1ccc(-c2cc(Cl)c(Cl)c3sc4c(c23)CN(C(=O)[C@H]2CCCN2)CC4)cn1. The first-order valence-electron chi connectivity index (χ1n) is 9.69. The first-order valence-corrected chi connectivity index (χ1v) is 11.3. The highest BCUT2D eigenvalue weighted by Gasteiger charge is 2.31. The van der Waals surface area contributed by atoms with E-state index in [1.54, 1.807) is 23.6 Å². The van der Waals surface area contributed by atoms with Crippen molar-refractivity contribution < 1.29 is 4.79 Å². The number of nitrogens with one attached hydrogen (secondary N) is 1. The number of benzene rings is 1. The molecule has 2 aromatic heterocycles. The van der Waals surface area contributed by atoms with Crippen molar-refractivity contribution >= 4 is 56.3 Å². The van der Waals surface area contributed by atoms with Crippen molar-refractivity contribution in [1.82, 2.24) is 15.2 Å². The second kappa shape index (κ2) is 7.43. The summed E-state index contributed by atoms with van der Waals surface area (Å²) in [7, 11) is 0. The molecule has 0 spiro atoms. The lowest BCUT2D eigenvalue weighted by Crippen LogP contribution is -2.45. The van der Waals surface area contributed by atoms with E-state index >= 15 is 0 Å². The lowest BCUT2D eigenvalue weighted by Gasteiger charge is -2.30. The zero-order valence-corrected chi connectivity index (χ0v) is 18.0. The molecule has 0 unspecified atom stereocenters. The number of pyridine rings is 1. The third-order valence-electron chi connectivity index (χ3n) is 5.77. The second-order valence-electron chi connectivity index (χ2n) is 7.56. The number of carbonyl (C=O) groups is 1. The lowest BCUT2D eigenvalue weighted by molar-refractivity contribution is -0.133. The molecule has 2 aliphatic heterocycles. The Balaban J connectivity index is 1.63. The maximum absolute atomic E-state index is 13.0. The number of carbonyl (C=O) groups excluding carboxylic acids is 1. The van der Waals surface area contributed by atoms with Crippen molar-refractivity contribution in [3.63, 3.8) is 0 Å². The summed E-state index contributed by atoms with van der Waals surface area (Å²) in [5, 5.41) is 5.49. The number of nitrogens with zero attached hydrogens (tertiary/aromatic N) is 2. The zero-order valence-electron chi connectivity index (χ0n) is 15.7. The number of anilines is 1. The van der Waals surface area contributed by atoms with Crippen LogP contribution in [0.25, 0.3) is 21.2 Å². The fraction of sp³-hybridized carbons (Fsp3) is 0.333. The molecule has 4 heterocycles. The molecule has 3 N–H and O–H groups in total. The Morgan fingerprint density at radius 1 is 1.34 bits per heavy atom. The van der Waals surface area contributed by atoms with Crippen LogP contribution < -0.4 is 11.1 Å².